The van der Waals surface area contributed by atoms with E-state index in [0.29, 0.717) is 6.42 Å². The van der Waals surface area contributed by atoms with Gasteiger partial charge in [-0.25, -0.2) is 0 Å². The Morgan fingerprint density at radius 1 is 1.33 bits per heavy atom. The van der Waals surface area contributed by atoms with Gasteiger partial charge in [0.25, 0.3) is 0 Å². The van der Waals surface area contributed by atoms with Crippen molar-refractivity contribution in [1.82, 2.24) is 0 Å². The van der Waals surface area contributed by atoms with Gasteiger partial charge in [0.1, 0.15) is 11.5 Å². The molecule has 18 heavy (non-hydrogen) atoms. The maximum atomic E-state index is 10.2. The Hall–Kier alpha value is -1.74. The van der Waals surface area contributed by atoms with Crippen LogP contribution >= 0.6 is 0 Å². The number of furan rings is 1. The maximum Gasteiger partial charge on any atom is 0.119 e. The minimum absolute atomic E-state index is 0.536. The first-order valence-corrected chi connectivity index (χ1v) is 6.11. The summed E-state index contributed by atoms with van der Waals surface area (Å²) in [5.41, 5.74) is 1.92. The van der Waals surface area contributed by atoms with Crippen LogP contribution in [0.3, 0.4) is 0 Å². The number of hydrogen-bond donors (Lipinski definition) is 1. The molecule has 2 aromatic rings. The van der Waals surface area contributed by atoms with E-state index >= 15 is 0 Å². The lowest BCUT2D eigenvalue weighted by Crippen LogP contribution is -2.03. The first-order valence-electron chi connectivity index (χ1n) is 6.11. The van der Waals surface area contributed by atoms with Crippen molar-refractivity contribution in [2.75, 3.05) is 7.11 Å². The van der Waals surface area contributed by atoms with Crippen molar-refractivity contribution in [2.24, 2.45) is 0 Å². The monoisotopic (exact) mass is 246 g/mol. The lowest BCUT2D eigenvalue weighted by molar-refractivity contribution is 0.176. The van der Waals surface area contributed by atoms with Gasteiger partial charge >= 0.3 is 0 Å². The number of rotatable bonds is 5. The second kappa shape index (κ2) is 5.74. The molecule has 0 amide bonds. The Bertz CT molecular complexity index is 502. The molecule has 1 N–H and O–H groups in total. The molecule has 0 saturated carbocycles. The van der Waals surface area contributed by atoms with Crippen LogP contribution in [0.25, 0.3) is 0 Å². The lowest BCUT2D eigenvalue weighted by atomic mass is 10.0. The summed E-state index contributed by atoms with van der Waals surface area (Å²) in [6.45, 7) is 2.01. The minimum atomic E-state index is -0.536. The average Bonchev–Trinajstić information content (AvgIpc) is 2.87. The molecule has 0 saturated heterocycles. The van der Waals surface area contributed by atoms with Crippen LogP contribution < -0.4 is 4.74 Å². The van der Waals surface area contributed by atoms with Crippen molar-refractivity contribution < 1.29 is 14.3 Å². The van der Waals surface area contributed by atoms with E-state index in [4.69, 9.17) is 9.15 Å². The summed E-state index contributed by atoms with van der Waals surface area (Å²) in [4.78, 5) is 0. The molecular weight excluding hydrogens is 228 g/mol. The highest BCUT2D eigenvalue weighted by atomic mass is 16.5. The fraction of sp³-hybridized carbons (Fsp3) is 0.333. The van der Waals surface area contributed by atoms with Gasteiger partial charge in [-0.05, 0) is 23.8 Å². The number of aliphatic hydroxyl groups excluding tert-OH is 1. The molecule has 0 bridgehead atoms. The van der Waals surface area contributed by atoms with Crippen molar-refractivity contribution in [3.8, 4) is 5.75 Å². The van der Waals surface area contributed by atoms with Crippen LogP contribution in [0.2, 0.25) is 0 Å². The summed E-state index contributed by atoms with van der Waals surface area (Å²) in [5, 5.41) is 10.2. The van der Waals surface area contributed by atoms with Crippen molar-refractivity contribution in [2.45, 2.75) is 25.9 Å². The van der Waals surface area contributed by atoms with E-state index in [9.17, 15) is 5.11 Å². The van der Waals surface area contributed by atoms with Crippen LogP contribution in [0.1, 0.15) is 29.9 Å². The van der Waals surface area contributed by atoms with Crippen molar-refractivity contribution in [3.05, 3.63) is 53.5 Å². The number of ether oxygens (including phenoxy) is 1. The van der Waals surface area contributed by atoms with Crippen LogP contribution in [0.4, 0.5) is 0 Å². The number of benzene rings is 1. The molecule has 1 aromatic heterocycles. The van der Waals surface area contributed by atoms with E-state index in [1.807, 2.05) is 37.3 Å². The van der Waals surface area contributed by atoms with Gasteiger partial charge < -0.3 is 14.3 Å². The third-order valence-electron chi connectivity index (χ3n) is 3.02. The first kappa shape index (κ1) is 12.7. The summed E-state index contributed by atoms with van der Waals surface area (Å²) in [6.07, 6.45) is 2.44. The molecule has 1 aromatic carbocycles. The minimum Gasteiger partial charge on any atom is -0.497 e. The maximum absolute atomic E-state index is 10.2. The normalized spacial score (nSPS) is 12.4. The number of aryl methyl sites for hydroxylation is 1. The molecule has 0 radical (unpaired) electrons. The zero-order valence-corrected chi connectivity index (χ0v) is 10.7. The SMILES string of the molecule is CCc1occc1C(O)Cc1cccc(OC)c1. The van der Waals surface area contributed by atoms with E-state index in [2.05, 4.69) is 0 Å². The van der Waals surface area contributed by atoms with Crippen molar-refractivity contribution >= 4 is 0 Å². The molecule has 1 atom stereocenters. The van der Waals surface area contributed by atoms with E-state index in [1.54, 1.807) is 13.4 Å². The molecule has 2 rings (SSSR count). The fourth-order valence-corrected chi connectivity index (χ4v) is 2.07. The number of hydrogen-bond acceptors (Lipinski definition) is 3. The van der Waals surface area contributed by atoms with Gasteiger partial charge in [-0.15, -0.1) is 0 Å². The van der Waals surface area contributed by atoms with E-state index in [-0.39, 0.29) is 0 Å². The van der Waals surface area contributed by atoms with Gasteiger partial charge in [-0.2, -0.15) is 0 Å². The second-order valence-corrected chi connectivity index (χ2v) is 4.22. The molecule has 0 aliphatic carbocycles. The summed E-state index contributed by atoms with van der Waals surface area (Å²) in [5.74, 6) is 1.66. The molecular formula is C15H18O3. The quantitative estimate of drug-likeness (QED) is 0.881. The Balaban J connectivity index is 2.13. The van der Waals surface area contributed by atoms with Gasteiger partial charge in [0.05, 0.1) is 19.5 Å². The highest BCUT2D eigenvalue weighted by molar-refractivity contribution is 5.30. The lowest BCUT2D eigenvalue weighted by Gasteiger charge is -2.11. The topological polar surface area (TPSA) is 42.6 Å². The van der Waals surface area contributed by atoms with Crippen LogP contribution in [-0.4, -0.2) is 12.2 Å². The van der Waals surface area contributed by atoms with E-state index < -0.39 is 6.10 Å². The third-order valence-corrected chi connectivity index (χ3v) is 3.02. The zero-order chi connectivity index (χ0) is 13.0. The zero-order valence-electron chi connectivity index (χ0n) is 10.7. The standard InChI is InChI=1S/C15H18O3/c1-3-15-13(7-8-18-15)14(16)10-11-5-4-6-12(9-11)17-2/h4-9,14,16H,3,10H2,1-2H3. The number of methoxy groups -OCH3 is 1. The molecule has 0 spiro atoms. The average molecular weight is 246 g/mol. The third kappa shape index (κ3) is 2.74. The summed E-state index contributed by atoms with van der Waals surface area (Å²) < 4.78 is 10.5. The number of aliphatic hydroxyl groups is 1. The fourth-order valence-electron chi connectivity index (χ4n) is 2.07. The molecule has 1 heterocycles. The van der Waals surface area contributed by atoms with Crippen LogP contribution in [0.15, 0.2) is 41.0 Å². The summed E-state index contributed by atoms with van der Waals surface area (Å²) >= 11 is 0. The van der Waals surface area contributed by atoms with E-state index in [1.165, 1.54) is 0 Å². The van der Waals surface area contributed by atoms with Gasteiger partial charge in [-0.3, -0.25) is 0 Å². The van der Waals surface area contributed by atoms with Crippen molar-refractivity contribution in [1.29, 1.82) is 0 Å². The van der Waals surface area contributed by atoms with Crippen LogP contribution in [0, 0.1) is 0 Å². The molecule has 3 nitrogen and oxygen atoms in total. The molecule has 0 fully saturated rings. The highest BCUT2D eigenvalue weighted by Gasteiger charge is 2.15. The molecule has 3 heteroatoms. The van der Waals surface area contributed by atoms with E-state index in [0.717, 1.165) is 29.1 Å². The Labute approximate surface area is 107 Å². The second-order valence-electron chi connectivity index (χ2n) is 4.22. The molecule has 0 aliphatic rings. The Morgan fingerprint density at radius 2 is 2.17 bits per heavy atom. The molecule has 1 unspecified atom stereocenters. The summed E-state index contributed by atoms with van der Waals surface area (Å²) in [7, 11) is 1.64. The smallest absolute Gasteiger partial charge is 0.119 e. The van der Waals surface area contributed by atoms with Gasteiger partial charge in [0, 0.05) is 18.4 Å². The highest BCUT2D eigenvalue weighted by Crippen LogP contribution is 2.24. The Morgan fingerprint density at radius 3 is 2.89 bits per heavy atom. The van der Waals surface area contributed by atoms with Gasteiger partial charge in [0.2, 0.25) is 0 Å². The van der Waals surface area contributed by atoms with Gasteiger partial charge in [0.15, 0.2) is 0 Å². The van der Waals surface area contributed by atoms with Crippen LogP contribution in [0.5, 0.6) is 5.75 Å². The van der Waals surface area contributed by atoms with Crippen LogP contribution in [-0.2, 0) is 12.8 Å². The largest absolute Gasteiger partial charge is 0.497 e. The summed E-state index contributed by atoms with van der Waals surface area (Å²) in [6, 6.07) is 9.58. The predicted molar refractivity (Wildman–Crippen MR) is 69.7 cm³/mol. The molecule has 96 valence electrons. The van der Waals surface area contributed by atoms with Gasteiger partial charge in [-0.1, -0.05) is 19.1 Å². The Kier molecular flexibility index (Phi) is 4.05. The first-order chi connectivity index (χ1) is 8.74. The molecule has 0 aliphatic heterocycles. The van der Waals surface area contributed by atoms with Crippen molar-refractivity contribution in [3.63, 3.8) is 0 Å². The predicted octanol–water partition coefficient (Wildman–Crippen LogP) is 3.13.